The number of carbonyl (C=O) groups is 2. The van der Waals surface area contributed by atoms with Crippen molar-refractivity contribution in [2.45, 2.75) is 12.6 Å². The van der Waals surface area contributed by atoms with E-state index in [0.29, 0.717) is 16.8 Å². The van der Waals surface area contributed by atoms with Crippen molar-refractivity contribution >= 4 is 40.5 Å². The first-order valence-electron chi connectivity index (χ1n) is 10.5. The lowest BCUT2D eigenvalue weighted by atomic mass is 10.1. The molecule has 2 saturated heterocycles. The molecule has 0 N–H and O–H groups in total. The number of hydrogen-bond acceptors (Lipinski definition) is 5. The van der Waals surface area contributed by atoms with E-state index in [1.54, 1.807) is 34.1 Å². The fourth-order valence-corrected chi connectivity index (χ4v) is 4.55. The predicted octanol–water partition coefficient (Wildman–Crippen LogP) is 3.97. The monoisotopic (exact) mass is 496 g/mol. The lowest BCUT2D eigenvalue weighted by Crippen LogP contribution is -2.50. The number of nitrogens with zero attached hydrogens (tertiary/aromatic N) is 4. The molecule has 0 bridgehead atoms. The van der Waals surface area contributed by atoms with Gasteiger partial charge in [-0.3, -0.25) is 19.7 Å². The molecule has 0 aromatic heterocycles. The summed E-state index contributed by atoms with van der Waals surface area (Å²) in [5, 5.41) is 11.8. The van der Waals surface area contributed by atoms with Crippen molar-refractivity contribution in [2.75, 3.05) is 42.5 Å². The van der Waals surface area contributed by atoms with E-state index in [0.717, 1.165) is 12.1 Å². The van der Waals surface area contributed by atoms with E-state index in [4.69, 9.17) is 11.6 Å². The van der Waals surface area contributed by atoms with Gasteiger partial charge in [-0.1, -0.05) is 23.7 Å². The van der Waals surface area contributed by atoms with Crippen LogP contribution in [0, 0.1) is 16.0 Å². The molecule has 2 heterocycles. The first-order valence-corrected chi connectivity index (χ1v) is 10.9. The smallest absolute Gasteiger partial charge is 0.362 e. The molecule has 0 saturated carbocycles. The summed E-state index contributed by atoms with van der Waals surface area (Å²) < 4.78 is 38.9. The number of anilines is 2. The Hall–Kier alpha value is -3.34. The highest BCUT2D eigenvalue weighted by atomic mass is 35.5. The summed E-state index contributed by atoms with van der Waals surface area (Å²) in [5.74, 6) is -0.953. The van der Waals surface area contributed by atoms with Gasteiger partial charge in [0.25, 0.3) is 5.69 Å². The Morgan fingerprint density at radius 1 is 1.06 bits per heavy atom. The predicted molar refractivity (Wildman–Crippen MR) is 119 cm³/mol. The van der Waals surface area contributed by atoms with Crippen molar-refractivity contribution in [1.82, 2.24) is 4.90 Å². The Kier molecular flexibility index (Phi) is 6.39. The number of rotatable bonds is 4. The molecule has 2 fully saturated rings. The topological polar surface area (TPSA) is 87.0 Å². The number of para-hydroxylation sites is 1. The standard InChI is InChI=1S/C22H20ClF3N4O4/c23-16-3-1-2-4-17(16)29-13-14(11-20(29)31)21(32)28-9-7-27(8-10-28)18-6-5-15(22(24,25)26)12-19(18)30(33)34/h1-6,12,14H,7-11,13H2. The molecule has 2 aliphatic rings. The van der Waals surface area contributed by atoms with E-state index in [-0.39, 0.29) is 56.6 Å². The van der Waals surface area contributed by atoms with E-state index in [9.17, 15) is 32.9 Å². The van der Waals surface area contributed by atoms with Gasteiger partial charge in [-0.2, -0.15) is 13.2 Å². The number of carbonyl (C=O) groups excluding carboxylic acids is 2. The van der Waals surface area contributed by atoms with Crippen LogP contribution in [0.1, 0.15) is 12.0 Å². The summed E-state index contributed by atoms with van der Waals surface area (Å²) in [6, 6.07) is 9.31. The van der Waals surface area contributed by atoms with Crippen molar-refractivity contribution in [1.29, 1.82) is 0 Å². The van der Waals surface area contributed by atoms with Crippen LogP contribution in [0.5, 0.6) is 0 Å². The van der Waals surface area contributed by atoms with Crippen LogP contribution in [0.3, 0.4) is 0 Å². The minimum atomic E-state index is -4.69. The van der Waals surface area contributed by atoms with Gasteiger partial charge in [0.05, 0.1) is 27.1 Å². The number of piperazine rings is 1. The largest absolute Gasteiger partial charge is 0.416 e. The van der Waals surface area contributed by atoms with Crippen LogP contribution >= 0.6 is 11.6 Å². The molecule has 0 aliphatic carbocycles. The second-order valence-electron chi connectivity index (χ2n) is 8.13. The Labute approximate surface area is 197 Å². The fourth-order valence-electron chi connectivity index (χ4n) is 4.32. The van der Waals surface area contributed by atoms with E-state index in [2.05, 4.69) is 0 Å². The summed E-state index contributed by atoms with van der Waals surface area (Å²) in [5.41, 5.74) is -1.10. The van der Waals surface area contributed by atoms with Crippen LogP contribution in [0.2, 0.25) is 5.02 Å². The van der Waals surface area contributed by atoms with Gasteiger partial charge < -0.3 is 14.7 Å². The maximum Gasteiger partial charge on any atom is 0.416 e. The highest BCUT2D eigenvalue weighted by Crippen LogP contribution is 2.37. The molecule has 1 atom stereocenters. The summed E-state index contributed by atoms with van der Waals surface area (Å²) in [4.78, 5) is 40.8. The first-order chi connectivity index (χ1) is 16.1. The van der Waals surface area contributed by atoms with Gasteiger partial charge in [-0.25, -0.2) is 0 Å². The Bertz CT molecular complexity index is 1140. The molecule has 0 spiro atoms. The Morgan fingerprint density at radius 3 is 2.35 bits per heavy atom. The van der Waals surface area contributed by atoms with Gasteiger partial charge in [-0.05, 0) is 24.3 Å². The highest BCUT2D eigenvalue weighted by Gasteiger charge is 2.39. The lowest BCUT2D eigenvalue weighted by molar-refractivity contribution is -0.384. The molecule has 8 nitrogen and oxygen atoms in total. The summed E-state index contributed by atoms with van der Waals surface area (Å²) in [6.07, 6.45) is -4.64. The van der Waals surface area contributed by atoms with Gasteiger partial charge in [-0.15, -0.1) is 0 Å². The molecule has 34 heavy (non-hydrogen) atoms. The summed E-state index contributed by atoms with van der Waals surface area (Å²) in [7, 11) is 0. The normalized spacial score (nSPS) is 19.0. The summed E-state index contributed by atoms with van der Waals surface area (Å²) in [6.45, 7) is 1.09. The molecule has 0 radical (unpaired) electrons. The van der Waals surface area contributed by atoms with Crippen molar-refractivity contribution in [3.05, 3.63) is 63.2 Å². The number of halogens is 4. The maximum atomic E-state index is 13.0. The molecule has 2 aromatic carbocycles. The van der Waals surface area contributed by atoms with E-state index in [1.165, 1.54) is 4.90 Å². The molecule has 2 aromatic rings. The zero-order valence-corrected chi connectivity index (χ0v) is 18.6. The van der Waals surface area contributed by atoms with Gasteiger partial charge in [0.15, 0.2) is 0 Å². The molecule has 2 amide bonds. The van der Waals surface area contributed by atoms with Gasteiger partial charge in [0.1, 0.15) is 5.69 Å². The van der Waals surface area contributed by atoms with E-state index >= 15 is 0 Å². The van der Waals surface area contributed by atoms with Crippen LogP contribution in [-0.4, -0.2) is 54.4 Å². The third kappa shape index (κ3) is 4.65. The quantitative estimate of drug-likeness (QED) is 0.472. The van der Waals surface area contributed by atoms with Gasteiger partial charge in [0.2, 0.25) is 11.8 Å². The number of hydrogen-bond donors (Lipinski definition) is 0. The highest BCUT2D eigenvalue weighted by molar-refractivity contribution is 6.33. The molecule has 4 rings (SSSR count). The van der Waals surface area contributed by atoms with E-state index < -0.39 is 28.3 Å². The van der Waals surface area contributed by atoms with Gasteiger partial charge >= 0.3 is 6.18 Å². The third-order valence-corrected chi connectivity index (χ3v) is 6.37. The molecule has 2 aliphatic heterocycles. The third-order valence-electron chi connectivity index (χ3n) is 6.05. The van der Waals surface area contributed by atoms with Crippen molar-refractivity contribution < 1.29 is 27.7 Å². The Morgan fingerprint density at radius 2 is 1.74 bits per heavy atom. The summed E-state index contributed by atoms with van der Waals surface area (Å²) >= 11 is 6.18. The minimum absolute atomic E-state index is 0.0502. The van der Waals surface area contributed by atoms with Gasteiger partial charge in [0, 0.05) is 45.2 Å². The lowest BCUT2D eigenvalue weighted by Gasteiger charge is -2.36. The van der Waals surface area contributed by atoms with Crippen molar-refractivity contribution in [3.63, 3.8) is 0 Å². The van der Waals surface area contributed by atoms with E-state index in [1.807, 2.05) is 0 Å². The second-order valence-corrected chi connectivity index (χ2v) is 8.53. The molecule has 1 unspecified atom stereocenters. The zero-order valence-electron chi connectivity index (χ0n) is 17.8. The van der Waals surface area contributed by atoms with Crippen LogP contribution < -0.4 is 9.80 Å². The minimum Gasteiger partial charge on any atom is -0.362 e. The number of alkyl halides is 3. The molecular formula is C22H20ClF3N4O4. The van der Waals surface area contributed by atoms with Crippen LogP contribution in [-0.2, 0) is 15.8 Å². The number of nitro benzene ring substituents is 1. The number of amides is 2. The van der Waals surface area contributed by atoms with Crippen LogP contribution in [0.4, 0.5) is 30.2 Å². The van der Waals surface area contributed by atoms with Crippen molar-refractivity contribution in [3.8, 4) is 0 Å². The average Bonchev–Trinajstić information content (AvgIpc) is 3.19. The zero-order chi connectivity index (χ0) is 24.6. The average molecular weight is 497 g/mol. The maximum absolute atomic E-state index is 13.0. The second kappa shape index (κ2) is 9.13. The van der Waals surface area contributed by atoms with Crippen LogP contribution in [0.25, 0.3) is 0 Å². The SMILES string of the molecule is O=C(C1CC(=O)N(c2ccccc2Cl)C1)N1CCN(c2ccc(C(F)(F)F)cc2[N+](=O)[O-])CC1. The molecule has 180 valence electrons. The number of nitro groups is 1. The fraction of sp³-hybridized carbons (Fsp3) is 0.364. The first kappa shape index (κ1) is 23.8. The molecular weight excluding hydrogens is 477 g/mol. The van der Waals surface area contributed by atoms with Crippen molar-refractivity contribution in [2.24, 2.45) is 5.92 Å². The van der Waals surface area contributed by atoms with Crippen LogP contribution in [0.15, 0.2) is 42.5 Å². The Balaban J connectivity index is 1.42. The molecule has 12 heteroatoms. The number of benzene rings is 2.